The Kier molecular flexibility index (Phi) is 12.7. The Labute approximate surface area is 180 Å². The predicted octanol–water partition coefficient (Wildman–Crippen LogP) is 2.45. The molecule has 1 aromatic rings. The van der Waals surface area contributed by atoms with Crippen LogP contribution >= 0.6 is 24.0 Å². The SMILES string of the molecule is CCNC(=NCCCc1cnn(C)c1)N1CCC(OCCCOC)CC1.I. The van der Waals surface area contributed by atoms with E-state index in [4.69, 9.17) is 14.5 Å². The molecule has 0 radical (unpaired) electrons. The molecule has 27 heavy (non-hydrogen) atoms. The maximum atomic E-state index is 5.95. The van der Waals surface area contributed by atoms with E-state index in [0.717, 1.165) is 77.5 Å². The van der Waals surface area contributed by atoms with E-state index in [0.29, 0.717) is 6.10 Å². The molecule has 1 aromatic heterocycles. The van der Waals surface area contributed by atoms with Gasteiger partial charge in [0.15, 0.2) is 5.96 Å². The maximum absolute atomic E-state index is 5.95. The lowest BCUT2D eigenvalue weighted by Gasteiger charge is -2.34. The normalized spacial score (nSPS) is 15.7. The third-order valence-electron chi connectivity index (χ3n) is 4.57. The van der Waals surface area contributed by atoms with Crippen molar-refractivity contribution in [3.63, 3.8) is 0 Å². The molecule has 2 rings (SSSR count). The summed E-state index contributed by atoms with van der Waals surface area (Å²) in [6.07, 6.45) is 9.54. The van der Waals surface area contributed by atoms with Gasteiger partial charge in [-0.2, -0.15) is 5.10 Å². The number of aryl methyl sites for hydroxylation is 2. The summed E-state index contributed by atoms with van der Waals surface area (Å²) in [5, 5.41) is 7.65. The minimum Gasteiger partial charge on any atom is -0.385 e. The number of halogens is 1. The standard InChI is InChI=1S/C19H35N5O2.HI/c1-4-20-19(21-10-5-7-17-15-22-23(2)16-17)24-11-8-18(9-12-24)26-14-6-13-25-3;/h15-16,18H,4-14H2,1-3H3,(H,20,21);1H. The van der Waals surface area contributed by atoms with Crippen LogP contribution in [-0.2, 0) is 22.9 Å². The molecular formula is C19H36IN5O2. The molecule has 1 saturated heterocycles. The number of hydrogen-bond donors (Lipinski definition) is 1. The number of aliphatic imine (C=N–C) groups is 1. The molecule has 2 heterocycles. The fraction of sp³-hybridized carbons (Fsp3) is 0.789. The van der Waals surface area contributed by atoms with Crippen LogP contribution in [0, 0.1) is 0 Å². The first kappa shape index (κ1) is 24.2. The molecule has 156 valence electrons. The largest absolute Gasteiger partial charge is 0.385 e. The first-order chi connectivity index (χ1) is 12.7. The van der Waals surface area contributed by atoms with Gasteiger partial charge in [-0.25, -0.2) is 0 Å². The highest BCUT2D eigenvalue weighted by Crippen LogP contribution is 2.14. The van der Waals surface area contributed by atoms with E-state index in [1.165, 1.54) is 5.56 Å². The van der Waals surface area contributed by atoms with Crippen molar-refractivity contribution in [2.45, 2.75) is 45.1 Å². The number of methoxy groups -OCH3 is 1. The van der Waals surface area contributed by atoms with Crippen LogP contribution in [0.3, 0.4) is 0 Å². The lowest BCUT2D eigenvalue weighted by atomic mass is 10.1. The molecular weight excluding hydrogens is 457 g/mol. The molecule has 8 heteroatoms. The summed E-state index contributed by atoms with van der Waals surface area (Å²) < 4.78 is 12.9. The van der Waals surface area contributed by atoms with E-state index < -0.39 is 0 Å². The summed E-state index contributed by atoms with van der Waals surface area (Å²) in [7, 11) is 3.69. The van der Waals surface area contributed by atoms with Crippen molar-refractivity contribution in [3.05, 3.63) is 18.0 Å². The molecule has 0 spiro atoms. The Morgan fingerprint density at radius 2 is 2.07 bits per heavy atom. The highest BCUT2D eigenvalue weighted by molar-refractivity contribution is 14.0. The van der Waals surface area contributed by atoms with Crippen LogP contribution < -0.4 is 5.32 Å². The lowest BCUT2D eigenvalue weighted by molar-refractivity contribution is 0.00990. The Bertz CT molecular complexity index is 530. The highest BCUT2D eigenvalue weighted by atomic mass is 127. The number of nitrogens with one attached hydrogen (secondary N) is 1. The van der Waals surface area contributed by atoms with Gasteiger partial charge < -0.3 is 19.7 Å². The number of aromatic nitrogens is 2. The molecule has 1 aliphatic rings. The van der Waals surface area contributed by atoms with Crippen molar-refractivity contribution in [2.24, 2.45) is 12.0 Å². The van der Waals surface area contributed by atoms with Gasteiger partial charge >= 0.3 is 0 Å². The lowest BCUT2D eigenvalue weighted by Crippen LogP contribution is -2.47. The summed E-state index contributed by atoms with van der Waals surface area (Å²) in [6, 6.07) is 0. The van der Waals surface area contributed by atoms with Gasteiger partial charge in [0.1, 0.15) is 0 Å². The molecule has 0 aromatic carbocycles. The molecule has 1 aliphatic heterocycles. The van der Waals surface area contributed by atoms with Crippen molar-refractivity contribution in [2.75, 3.05) is 46.5 Å². The van der Waals surface area contributed by atoms with Crippen molar-refractivity contribution >= 4 is 29.9 Å². The van der Waals surface area contributed by atoms with Crippen LogP contribution in [0.2, 0.25) is 0 Å². The van der Waals surface area contributed by atoms with Crippen molar-refractivity contribution < 1.29 is 9.47 Å². The molecule has 0 aliphatic carbocycles. The fourth-order valence-electron chi connectivity index (χ4n) is 3.18. The number of rotatable bonds is 10. The number of ether oxygens (including phenoxy) is 2. The minimum absolute atomic E-state index is 0. The van der Waals surface area contributed by atoms with Crippen LogP contribution in [0.25, 0.3) is 0 Å². The number of piperidine rings is 1. The molecule has 0 amide bonds. The van der Waals surface area contributed by atoms with Crippen LogP contribution in [0.15, 0.2) is 17.4 Å². The molecule has 1 N–H and O–H groups in total. The second-order valence-corrected chi connectivity index (χ2v) is 6.77. The number of hydrogen-bond acceptors (Lipinski definition) is 4. The van der Waals surface area contributed by atoms with Gasteiger partial charge in [0, 0.05) is 59.7 Å². The Morgan fingerprint density at radius 1 is 1.30 bits per heavy atom. The number of likely N-dealkylation sites (tertiary alicyclic amines) is 1. The van der Waals surface area contributed by atoms with E-state index in [-0.39, 0.29) is 24.0 Å². The van der Waals surface area contributed by atoms with E-state index in [1.54, 1.807) is 7.11 Å². The zero-order chi connectivity index (χ0) is 18.6. The predicted molar refractivity (Wildman–Crippen MR) is 120 cm³/mol. The molecule has 0 bridgehead atoms. The smallest absolute Gasteiger partial charge is 0.193 e. The Hall–Kier alpha value is -0.870. The van der Waals surface area contributed by atoms with Gasteiger partial charge in [-0.1, -0.05) is 0 Å². The fourth-order valence-corrected chi connectivity index (χ4v) is 3.18. The van der Waals surface area contributed by atoms with Crippen molar-refractivity contribution in [1.82, 2.24) is 20.0 Å². The third kappa shape index (κ3) is 9.25. The zero-order valence-electron chi connectivity index (χ0n) is 17.0. The second kappa shape index (κ2) is 14.2. The highest BCUT2D eigenvalue weighted by Gasteiger charge is 2.21. The van der Waals surface area contributed by atoms with Crippen LogP contribution in [0.1, 0.15) is 38.2 Å². The van der Waals surface area contributed by atoms with Gasteiger partial charge in [0.2, 0.25) is 0 Å². The van der Waals surface area contributed by atoms with Crippen LogP contribution in [0.4, 0.5) is 0 Å². The minimum atomic E-state index is 0. The topological polar surface area (TPSA) is 63.9 Å². The zero-order valence-corrected chi connectivity index (χ0v) is 19.4. The van der Waals surface area contributed by atoms with E-state index in [9.17, 15) is 0 Å². The number of guanidine groups is 1. The van der Waals surface area contributed by atoms with Crippen molar-refractivity contribution in [1.29, 1.82) is 0 Å². The van der Waals surface area contributed by atoms with Crippen LogP contribution in [0.5, 0.6) is 0 Å². The average molecular weight is 493 g/mol. The molecule has 0 saturated carbocycles. The van der Waals surface area contributed by atoms with Gasteiger partial charge in [-0.3, -0.25) is 9.67 Å². The van der Waals surface area contributed by atoms with E-state index in [1.807, 2.05) is 17.9 Å². The van der Waals surface area contributed by atoms with E-state index in [2.05, 4.69) is 28.4 Å². The van der Waals surface area contributed by atoms with Crippen LogP contribution in [-0.4, -0.2) is 73.2 Å². The maximum Gasteiger partial charge on any atom is 0.193 e. The third-order valence-corrected chi connectivity index (χ3v) is 4.57. The van der Waals surface area contributed by atoms with Gasteiger partial charge in [0.05, 0.1) is 12.3 Å². The summed E-state index contributed by atoms with van der Waals surface area (Å²) >= 11 is 0. The molecule has 0 atom stereocenters. The monoisotopic (exact) mass is 493 g/mol. The first-order valence-corrected chi connectivity index (χ1v) is 9.84. The molecule has 1 fully saturated rings. The van der Waals surface area contributed by atoms with E-state index >= 15 is 0 Å². The summed E-state index contributed by atoms with van der Waals surface area (Å²) in [6.45, 7) is 7.43. The van der Waals surface area contributed by atoms with Gasteiger partial charge in [-0.05, 0) is 44.6 Å². The average Bonchev–Trinajstić information content (AvgIpc) is 3.07. The molecule has 0 unspecified atom stereocenters. The van der Waals surface area contributed by atoms with Crippen molar-refractivity contribution in [3.8, 4) is 0 Å². The molecule has 7 nitrogen and oxygen atoms in total. The Morgan fingerprint density at radius 3 is 2.70 bits per heavy atom. The first-order valence-electron chi connectivity index (χ1n) is 9.84. The second-order valence-electron chi connectivity index (χ2n) is 6.77. The summed E-state index contributed by atoms with van der Waals surface area (Å²) in [5.41, 5.74) is 1.28. The Balaban J connectivity index is 0.00000364. The number of nitrogens with zero attached hydrogens (tertiary/aromatic N) is 4. The summed E-state index contributed by atoms with van der Waals surface area (Å²) in [5.74, 6) is 1.04. The van der Waals surface area contributed by atoms with Gasteiger partial charge in [-0.15, -0.1) is 24.0 Å². The van der Waals surface area contributed by atoms with Gasteiger partial charge in [0.25, 0.3) is 0 Å². The summed E-state index contributed by atoms with van der Waals surface area (Å²) in [4.78, 5) is 7.18. The quantitative estimate of drug-likeness (QED) is 0.235.